The Morgan fingerprint density at radius 2 is 1.78 bits per heavy atom. The second-order valence-electron chi connectivity index (χ2n) is 6.15. The van der Waals surface area contributed by atoms with Gasteiger partial charge in [0.2, 0.25) is 0 Å². The van der Waals surface area contributed by atoms with Crippen LogP contribution in [0.5, 0.6) is 0 Å². The van der Waals surface area contributed by atoms with E-state index in [0.717, 1.165) is 14.8 Å². The summed E-state index contributed by atoms with van der Waals surface area (Å²) in [5.74, 6) is 0. The van der Waals surface area contributed by atoms with Gasteiger partial charge in [-0.05, 0) is 0 Å². The molecule has 1 aliphatic rings. The van der Waals surface area contributed by atoms with E-state index in [0.29, 0.717) is 0 Å². The summed E-state index contributed by atoms with van der Waals surface area (Å²) in [5, 5.41) is 1.13. The summed E-state index contributed by atoms with van der Waals surface area (Å²) in [6.07, 6.45) is 6.34. The molecule has 3 aromatic rings. The first-order chi connectivity index (χ1) is 11.0. The number of hydrogen-bond donors (Lipinski definition) is 1. The van der Waals surface area contributed by atoms with Crippen LogP contribution in [0, 0.1) is 0 Å². The number of fused-ring (bicyclic) bond motifs is 2. The zero-order valence-corrected chi connectivity index (χ0v) is 15.8. The Morgan fingerprint density at radius 3 is 2.61 bits per heavy atom. The average Bonchev–Trinajstić information content (AvgIpc) is 3.20. The monoisotopic (exact) mass is 377 g/mol. The fraction of sp³-hybridized carbons (Fsp3) is 0.105. The van der Waals surface area contributed by atoms with Crippen molar-refractivity contribution in [3.05, 3.63) is 71.9 Å². The molecule has 1 N–H and O–H groups in total. The van der Waals surface area contributed by atoms with Crippen molar-refractivity contribution >= 4 is 43.8 Å². The molecule has 1 atom stereocenters. The van der Waals surface area contributed by atoms with E-state index in [1.54, 1.807) is 0 Å². The number of H-pyrrole nitrogens is 1. The molecule has 116 valence electrons. The molecule has 1 heterocycles. The summed E-state index contributed by atoms with van der Waals surface area (Å²) in [5.41, 5.74) is 3.53. The van der Waals surface area contributed by atoms with Crippen molar-refractivity contribution in [2.45, 2.75) is 11.1 Å². The molecule has 0 fully saturated rings. The van der Waals surface area contributed by atoms with Gasteiger partial charge in [0.1, 0.15) is 0 Å². The Hall–Kier alpha value is -1.12. The van der Waals surface area contributed by atoms with Gasteiger partial charge in [-0.15, -0.1) is 0 Å². The van der Waals surface area contributed by atoms with Gasteiger partial charge >= 0.3 is 145 Å². The number of aromatic nitrogens is 1. The fourth-order valence-corrected chi connectivity index (χ4v) is 11.8. The molecule has 0 saturated carbocycles. The Morgan fingerprint density at radius 1 is 1.04 bits per heavy atom. The van der Waals surface area contributed by atoms with E-state index in [9.17, 15) is 0 Å². The summed E-state index contributed by atoms with van der Waals surface area (Å²) in [7, 11) is 14.8. The molecular weight excluding hydrogens is 361 g/mol. The number of para-hydroxylation sites is 1. The topological polar surface area (TPSA) is 15.8 Å². The van der Waals surface area contributed by atoms with Gasteiger partial charge in [0, 0.05) is 0 Å². The van der Waals surface area contributed by atoms with Gasteiger partial charge in [-0.2, -0.15) is 0 Å². The Kier molecular flexibility index (Phi) is 3.48. The molecule has 0 amide bonds. The quantitative estimate of drug-likeness (QED) is 0.577. The van der Waals surface area contributed by atoms with E-state index in [4.69, 9.17) is 18.6 Å². The Balaban J connectivity index is 2.02. The second kappa shape index (κ2) is 5.19. The molecule has 1 aromatic heterocycles. The first-order valence-electron chi connectivity index (χ1n) is 7.76. The van der Waals surface area contributed by atoms with Crippen LogP contribution < -0.4 is 3.87 Å². The molecule has 0 aliphatic heterocycles. The van der Waals surface area contributed by atoms with Gasteiger partial charge in [0.25, 0.3) is 0 Å². The van der Waals surface area contributed by atoms with E-state index in [1.165, 1.54) is 11.1 Å². The van der Waals surface area contributed by atoms with Gasteiger partial charge in [-0.3, -0.25) is 0 Å². The third kappa shape index (κ3) is 2.15. The van der Waals surface area contributed by atoms with Crippen LogP contribution in [0.25, 0.3) is 17.0 Å². The molecule has 1 aliphatic carbocycles. The van der Waals surface area contributed by atoms with E-state index in [-0.39, 0.29) is 4.22 Å². The maximum absolute atomic E-state index is 7.39. The van der Waals surface area contributed by atoms with Crippen LogP contribution in [-0.2, 0) is 12.7 Å². The van der Waals surface area contributed by atoms with Crippen molar-refractivity contribution in [1.82, 2.24) is 4.98 Å². The summed E-state index contributed by atoms with van der Waals surface area (Å²) < 4.78 is 3.22. The van der Waals surface area contributed by atoms with Crippen molar-refractivity contribution in [3.8, 4) is 0 Å². The Bertz CT molecular complexity index is 1010. The van der Waals surface area contributed by atoms with Gasteiger partial charge in [0.15, 0.2) is 0 Å². The van der Waals surface area contributed by atoms with Crippen LogP contribution in [-0.4, -0.2) is 9.30 Å². The predicted octanol–water partition coefficient (Wildman–Crippen LogP) is 5.38. The van der Waals surface area contributed by atoms with Crippen LogP contribution in [0.2, 0.25) is 0 Å². The zero-order chi connectivity index (χ0) is 16.1. The number of rotatable bonds is 2. The van der Waals surface area contributed by atoms with Crippen LogP contribution in [0.4, 0.5) is 0 Å². The maximum atomic E-state index is 7.39. The molecule has 1 nitrogen and oxygen atoms in total. The van der Waals surface area contributed by atoms with E-state index in [2.05, 4.69) is 57.8 Å². The molecule has 0 saturated heterocycles. The van der Waals surface area contributed by atoms with Crippen molar-refractivity contribution in [2.24, 2.45) is 0 Å². The van der Waals surface area contributed by atoms with Gasteiger partial charge < -0.3 is 0 Å². The van der Waals surface area contributed by atoms with E-state index in [1.807, 2.05) is 25.3 Å². The normalized spacial score (nSPS) is 17.5. The fourth-order valence-electron chi connectivity index (χ4n) is 3.68. The van der Waals surface area contributed by atoms with Crippen LogP contribution >= 0.6 is 18.6 Å². The van der Waals surface area contributed by atoms with Crippen molar-refractivity contribution in [2.75, 3.05) is 0 Å². The van der Waals surface area contributed by atoms with Crippen LogP contribution in [0.1, 0.15) is 22.3 Å². The average molecular weight is 378 g/mol. The number of halogens is 2. The van der Waals surface area contributed by atoms with Crippen molar-refractivity contribution in [1.29, 1.82) is 0 Å². The minimum atomic E-state index is -4.15. The molecule has 23 heavy (non-hydrogen) atoms. The Labute approximate surface area is 144 Å². The number of benzene rings is 2. The number of aromatic amines is 1. The molecular formula is C19H17Cl2NTi. The van der Waals surface area contributed by atoms with Gasteiger partial charge in [-0.25, -0.2) is 0 Å². The molecule has 0 bridgehead atoms. The second-order valence-corrected chi connectivity index (χ2v) is 20.0. The number of hydrogen-bond acceptors (Lipinski definition) is 0. The van der Waals surface area contributed by atoms with E-state index >= 15 is 0 Å². The van der Waals surface area contributed by atoms with Crippen LogP contribution in [0.15, 0.2) is 60.8 Å². The molecule has 1 unspecified atom stereocenters. The SMILES string of the molecule is C[CH]=[Ti]([Cl])([Cl])([c]1c[nH]c2ccccc12)[CH]1C=Cc2ccccc21. The van der Waals surface area contributed by atoms with E-state index < -0.39 is 12.7 Å². The first-order valence-corrected chi connectivity index (χ1v) is 14.6. The molecule has 0 spiro atoms. The zero-order valence-electron chi connectivity index (χ0n) is 12.8. The van der Waals surface area contributed by atoms with Crippen molar-refractivity contribution in [3.63, 3.8) is 0 Å². The summed E-state index contributed by atoms with van der Waals surface area (Å²) in [6.45, 7) is 2.01. The summed E-state index contributed by atoms with van der Waals surface area (Å²) >= 11 is -4.15. The molecule has 2 aromatic carbocycles. The summed E-state index contributed by atoms with van der Waals surface area (Å²) in [4.78, 5) is 3.34. The predicted molar refractivity (Wildman–Crippen MR) is 99.6 cm³/mol. The van der Waals surface area contributed by atoms with Crippen LogP contribution in [0.3, 0.4) is 0 Å². The summed E-state index contributed by atoms with van der Waals surface area (Å²) in [6, 6.07) is 16.6. The molecule has 4 heteroatoms. The third-order valence-electron chi connectivity index (χ3n) is 5.00. The van der Waals surface area contributed by atoms with Gasteiger partial charge in [0.05, 0.1) is 0 Å². The molecule has 0 radical (unpaired) electrons. The van der Waals surface area contributed by atoms with Gasteiger partial charge in [-0.1, -0.05) is 0 Å². The number of nitrogens with one attached hydrogen (secondary N) is 1. The third-order valence-corrected chi connectivity index (χ3v) is 16.9. The molecule has 4 rings (SSSR count). The standard InChI is InChI=1S/C9H7.C8H6N.C2H4.2ClH.Ti/c1-2-5-9-7-3-6-8(9)4-1;1-2-4-8-7(3-1)5-6-9-8;1-2;;;/h1-7H;1-4,6,9H;1H,2H3;2*1H;/q;;;;;+2/p-2. The van der Waals surface area contributed by atoms with Crippen molar-refractivity contribution < 1.29 is 12.7 Å². The minimum absolute atomic E-state index is 0.0516. The first kappa shape index (κ1) is 15.4. The number of allylic oxidation sites excluding steroid dienone is 1.